The molecule has 2 aliphatic heterocycles. The third kappa shape index (κ3) is 3.62. The van der Waals surface area contributed by atoms with Gasteiger partial charge in [0, 0.05) is 12.5 Å². The molecule has 5 atom stereocenters. The van der Waals surface area contributed by atoms with Crippen molar-refractivity contribution >= 4 is 11.9 Å². The van der Waals surface area contributed by atoms with E-state index in [1.54, 1.807) is 20.8 Å². The Morgan fingerprint density at radius 2 is 1.88 bits per heavy atom. The van der Waals surface area contributed by atoms with Crippen LogP contribution in [0.25, 0.3) is 0 Å². The molecule has 0 aromatic carbocycles. The molecule has 2 saturated heterocycles. The number of amides is 1. The van der Waals surface area contributed by atoms with E-state index < -0.39 is 42.0 Å². The summed E-state index contributed by atoms with van der Waals surface area (Å²) in [5.74, 6) is -1.25. The molecule has 5 aliphatic rings. The van der Waals surface area contributed by atoms with Crippen molar-refractivity contribution in [2.45, 2.75) is 64.8 Å². The SMILES string of the molecule is C=C1C[C@@H]2CC3C[C@H]1[C@H](OC(=O)C(C)(C)C)C2N(C(=O)CC(F)(F)F)C3. The number of hydrogen-bond donors (Lipinski definition) is 0. The van der Waals surface area contributed by atoms with Gasteiger partial charge in [-0.25, -0.2) is 0 Å². The maximum Gasteiger partial charge on any atom is 0.397 e. The molecule has 5 rings (SSSR count). The van der Waals surface area contributed by atoms with Crippen LogP contribution < -0.4 is 0 Å². The molecule has 26 heavy (non-hydrogen) atoms. The van der Waals surface area contributed by atoms with Crippen molar-refractivity contribution in [2.75, 3.05) is 6.54 Å². The van der Waals surface area contributed by atoms with Crippen LogP contribution in [-0.4, -0.2) is 41.6 Å². The number of alkyl halides is 3. The monoisotopic (exact) mass is 373 g/mol. The highest BCUT2D eigenvalue weighted by atomic mass is 19.4. The number of halogens is 3. The van der Waals surface area contributed by atoms with Gasteiger partial charge in [0.25, 0.3) is 0 Å². The lowest BCUT2D eigenvalue weighted by Gasteiger charge is -2.48. The van der Waals surface area contributed by atoms with Gasteiger partial charge in [-0.3, -0.25) is 9.59 Å². The van der Waals surface area contributed by atoms with Gasteiger partial charge in [0.15, 0.2) is 0 Å². The summed E-state index contributed by atoms with van der Waals surface area (Å²) in [5.41, 5.74) is 0.275. The number of carbonyl (C=O) groups excluding carboxylic acids is 2. The summed E-state index contributed by atoms with van der Waals surface area (Å²) < 4.78 is 44.1. The fourth-order valence-electron chi connectivity index (χ4n) is 4.73. The summed E-state index contributed by atoms with van der Waals surface area (Å²) in [6.45, 7) is 9.65. The van der Waals surface area contributed by atoms with E-state index in [-0.39, 0.29) is 17.8 Å². The average molecular weight is 373 g/mol. The number of carbonyl (C=O) groups is 2. The van der Waals surface area contributed by atoms with Crippen LogP contribution in [0.1, 0.15) is 46.5 Å². The molecule has 0 spiro atoms. The summed E-state index contributed by atoms with van der Waals surface area (Å²) in [4.78, 5) is 26.2. The lowest BCUT2D eigenvalue weighted by molar-refractivity contribution is -0.178. The highest BCUT2D eigenvalue weighted by Gasteiger charge is 2.55. The Kier molecular flexibility index (Phi) is 4.64. The number of hydrogen-bond acceptors (Lipinski definition) is 3. The molecular weight excluding hydrogens is 347 g/mol. The van der Waals surface area contributed by atoms with E-state index in [2.05, 4.69) is 6.58 Å². The summed E-state index contributed by atoms with van der Waals surface area (Å²) >= 11 is 0. The lowest BCUT2D eigenvalue weighted by atomic mass is 9.73. The molecule has 7 heteroatoms. The zero-order valence-corrected chi connectivity index (χ0v) is 15.4. The van der Waals surface area contributed by atoms with Gasteiger partial charge >= 0.3 is 12.1 Å². The number of fused-ring (bicyclic) bond motifs is 2. The van der Waals surface area contributed by atoms with E-state index in [0.29, 0.717) is 19.4 Å². The van der Waals surface area contributed by atoms with Crippen molar-refractivity contribution in [2.24, 2.45) is 23.2 Å². The van der Waals surface area contributed by atoms with Crippen LogP contribution in [-0.2, 0) is 14.3 Å². The Morgan fingerprint density at radius 3 is 2.46 bits per heavy atom. The number of rotatable bonds is 2. The Bertz CT molecular complexity index is 622. The first-order valence-electron chi connectivity index (χ1n) is 9.12. The van der Waals surface area contributed by atoms with Crippen molar-refractivity contribution in [3.8, 4) is 0 Å². The van der Waals surface area contributed by atoms with Crippen LogP contribution in [0.15, 0.2) is 12.2 Å². The first-order valence-corrected chi connectivity index (χ1v) is 9.12. The van der Waals surface area contributed by atoms with Crippen molar-refractivity contribution in [3.63, 3.8) is 0 Å². The molecule has 3 saturated carbocycles. The van der Waals surface area contributed by atoms with Crippen LogP contribution in [0, 0.1) is 23.2 Å². The third-order valence-electron chi connectivity index (χ3n) is 5.83. The Morgan fingerprint density at radius 1 is 1.23 bits per heavy atom. The van der Waals surface area contributed by atoms with Crippen LogP contribution in [0.4, 0.5) is 13.2 Å². The minimum Gasteiger partial charge on any atom is -0.459 e. The fraction of sp³-hybridized carbons (Fsp3) is 0.789. The molecule has 0 aromatic rings. The van der Waals surface area contributed by atoms with Gasteiger partial charge in [-0.2, -0.15) is 13.2 Å². The molecule has 4 bridgehead atoms. The van der Waals surface area contributed by atoms with Gasteiger partial charge in [-0.15, -0.1) is 0 Å². The quantitative estimate of drug-likeness (QED) is 0.548. The van der Waals surface area contributed by atoms with Crippen molar-refractivity contribution in [1.29, 1.82) is 0 Å². The number of esters is 1. The fourth-order valence-corrected chi connectivity index (χ4v) is 4.73. The first-order chi connectivity index (χ1) is 11.9. The molecular formula is C19H26F3NO3. The second kappa shape index (κ2) is 6.27. The third-order valence-corrected chi connectivity index (χ3v) is 5.83. The van der Waals surface area contributed by atoms with Gasteiger partial charge in [-0.05, 0) is 51.9 Å². The average Bonchev–Trinajstić information content (AvgIpc) is 2.76. The summed E-state index contributed by atoms with van der Waals surface area (Å²) in [6, 6.07) is -0.481. The highest BCUT2D eigenvalue weighted by Crippen LogP contribution is 2.51. The maximum absolute atomic E-state index is 12.8. The molecule has 3 aliphatic carbocycles. The molecule has 2 heterocycles. The van der Waals surface area contributed by atoms with Gasteiger partial charge < -0.3 is 9.64 Å². The van der Waals surface area contributed by atoms with Crippen molar-refractivity contribution in [3.05, 3.63) is 12.2 Å². The topological polar surface area (TPSA) is 46.6 Å². The largest absolute Gasteiger partial charge is 0.459 e. The molecule has 0 radical (unpaired) electrons. The first kappa shape index (κ1) is 19.2. The number of ether oxygens (including phenoxy) is 1. The van der Waals surface area contributed by atoms with E-state index in [0.717, 1.165) is 12.0 Å². The van der Waals surface area contributed by atoms with Crippen LogP contribution in [0.2, 0.25) is 0 Å². The zero-order valence-electron chi connectivity index (χ0n) is 15.4. The smallest absolute Gasteiger partial charge is 0.397 e. The predicted molar refractivity (Wildman–Crippen MR) is 89.0 cm³/mol. The van der Waals surface area contributed by atoms with Gasteiger partial charge in [0.05, 0.1) is 11.5 Å². The Balaban J connectivity index is 1.91. The molecule has 5 fully saturated rings. The van der Waals surface area contributed by atoms with Gasteiger partial charge in [0.2, 0.25) is 5.91 Å². The number of nitrogens with zero attached hydrogens (tertiary/aromatic N) is 1. The second-order valence-electron chi connectivity index (χ2n) is 9.01. The van der Waals surface area contributed by atoms with Gasteiger partial charge in [0.1, 0.15) is 12.5 Å². The molecule has 2 unspecified atom stereocenters. The van der Waals surface area contributed by atoms with E-state index in [1.165, 1.54) is 4.90 Å². The van der Waals surface area contributed by atoms with E-state index in [4.69, 9.17) is 4.74 Å². The summed E-state index contributed by atoms with van der Waals surface area (Å²) in [5, 5.41) is 0. The minimum atomic E-state index is -4.54. The lowest BCUT2D eigenvalue weighted by Crippen LogP contribution is -2.59. The van der Waals surface area contributed by atoms with Crippen LogP contribution >= 0.6 is 0 Å². The van der Waals surface area contributed by atoms with Crippen molar-refractivity contribution in [1.82, 2.24) is 4.90 Å². The molecule has 1 amide bonds. The van der Waals surface area contributed by atoms with Crippen molar-refractivity contribution < 1.29 is 27.5 Å². The highest BCUT2D eigenvalue weighted by molar-refractivity contribution is 5.78. The van der Waals surface area contributed by atoms with Gasteiger partial charge in [-0.1, -0.05) is 12.2 Å². The standard InChI is InChI=1S/C19H26F3NO3/c1-10-5-12-6-11-7-13(10)16(26-17(25)18(2,3)4)15(12)23(9-11)14(24)8-19(20,21)22/h11-13,15-16H,1,5-9H2,2-4H3/t11?,12-,13-,15?,16+/m1/s1. The Labute approximate surface area is 151 Å². The summed E-state index contributed by atoms with van der Waals surface area (Å²) in [6.07, 6.45) is -4.36. The molecule has 146 valence electrons. The predicted octanol–water partition coefficient (Wildman–Crippen LogP) is 3.71. The Hall–Kier alpha value is -1.53. The maximum atomic E-state index is 12.8. The normalized spacial score (nSPS) is 34.0. The second-order valence-corrected chi connectivity index (χ2v) is 9.01. The van der Waals surface area contributed by atoms with E-state index in [9.17, 15) is 22.8 Å². The van der Waals surface area contributed by atoms with Crippen LogP contribution in [0.3, 0.4) is 0 Å². The van der Waals surface area contributed by atoms with E-state index in [1.807, 2.05) is 0 Å². The zero-order chi connectivity index (χ0) is 19.4. The minimum absolute atomic E-state index is 0.00921. The van der Waals surface area contributed by atoms with Crippen LogP contribution in [0.5, 0.6) is 0 Å². The summed E-state index contributed by atoms with van der Waals surface area (Å²) in [7, 11) is 0. The molecule has 4 nitrogen and oxygen atoms in total. The molecule has 0 aromatic heterocycles. The van der Waals surface area contributed by atoms with E-state index >= 15 is 0 Å². The molecule has 0 N–H and O–H groups in total. The number of piperidine rings is 1.